The molecule has 0 N–H and O–H groups in total. The molecule has 0 bridgehead atoms. The molecular formula is C9H9F3OS. The zero-order chi connectivity index (χ0) is 10.6. The van der Waals surface area contributed by atoms with Crippen molar-refractivity contribution in [3.63, 3.8) is 0 Å². The Balaban J connectivity index is 2.30. The number of carbonyl (C=O) groups is 1. The Morgan fingerprint density at radius 3 is 2.64 bits per heavy atom. The van der Waals surface area contributed by atoms with Gasteiger partial charge in [-0.1, -0.05) is 0 Å². The normalized spacial score (nSPS) is 11.6. The summed E-state index contributed by atoms with van der Waals surface area (Å²) in [5, 5.41) is 3.38. The first-order valence-electron chi connectivity index (χ1n) is 4.11. The SMILES string of the molecule is O=C(CCCC(F)(F)F)c1ccsc1. The van der Waals surface area contributed by atoms with Crippen molar-refractivity contribution in [1.82, 2.24) is 0 Å². The van der Waals surface area contributed by atoms with Gasteiger partial charge in [-0.15, -0.1) is 0 Å². The average Bonchev–Trinajstić information content (AvgIpc) is 2.53. The Kier molecular flexibility index (Phi) is 3.69. The number of thiophene rings is 1. The van der Waals surface area contributed by atoms with E-state index in [0.29, 0.717) is 5.56 Å². The molecule has 1 heterocycles. The van der Waals surface area contributed by atoms with Crippen molar-refractivity contribution in [1.29, 1.82) is 0 Å². The number of carbonyl (C=O) groups excluding carboxylic acids is 1. The smallest absolute Gasteiger partial charge is 0.294 e. The van der Waals surface area contributed by atoms with Gasteiger partial charge in [-0.05, 0) is 17.9 Å². The van der Waals surface area contributed by atoms with Crippen molar-refractivity contribution in [2.75, 3.05) is 0 Å². The molecule has 0 radical (unpaired) electrons. The summed E-state index contributed by atoms with van der Waals surface area (Å²) < 4.78 is 35.2. The molecule has 78 valence electrons. The predicted molar refractivity (Wildman–Crippen MR) is 48.6 cm³/mol. The van der Waals surface area contributed by atoms with Gasteiger partial charge in [0.2, 0.25) is 0 Å². The molecule has 0 aliphatic rings. The second-order valence-electron chi connectivity index (χ2n) is 2.90. The van der Waals surface area contributed by atoms with Gasteiger partial charge in [-0.2, -0.15) is 24.5 Å². The van der Waals surface area contributed by atoms with Crippen LogP contribution in [0, 0.1) is 0 Å². The fourth-order valence-electron chi connectivity index (χ4n) is 1.02. The largest absolute Gasteiger partial charge is 0.389 e. The average molecular weight is 222 g/mol. The maximum Gasteiger partial charge on any atom is 0.389 e. The second-order valence-corrected chi connectivity index (χ2v) is 3.68. The van der Waals surface area contributed by atoms with Crippen LogP contribution >= 0.6 is 11.3 Å². The van der Waals surface area contributed by atoms with Gasteiger partial charge in [0.15, 0.2) is 5.78 Å². The van der Waals surface area contributed by atoms with E-state index in [4.69, 9.17) is 0 Å². The summed E-state index contributed by atoms with van der Waals surface area (Å²) in [5.41, 5.74) is 0.511. The van der Waals surface area contributed by atoms with Gasteiger partial charge in [0.1, 0.15) is 0 Å². The molecule has 0 amide bonds. The van der Waals surface area contributed by atoms with Crippen molar-refractivity contribution >= 4 is 17.1 Å². The molecule has 0 saturated heterocycles. The standard InChI is InChI=1S/C9H9F3OS/c10-9(11,12)4-1-2-8(13)7-3-5-14-6-7/h3,5-6H,1-2,4H2. The van der Waals surface area contributed by atoms with Crippen molar-refractivity contribution in [3.05, 3.63) is 22.4 Å². The summed E-state index contributed by atoms with van der Waals surface area (Å²) in [6.07, 6.45) is -5.20. The van der Waals surface area contributed by atoms with E-state index in [2.05, 4.69) is 0 Å². The van der Waals surface area contributed by atoms with Crippen LogP contribution in [0.5, 0.6) is 0 Å². The number of alkyl halides is 3. The summed E-state index contributed by atoms with van der Waals surface area (Å²) in [4.78, 5) is 11.2. The molecule has 1 nitrogen and oxygen atoms in total. The second kappa shape index (κ2) is 4.59. The summed E-state index contributed by atoms with van der Waals surface area (Å²) in [5.74, 6) is -0.212. The third kappa shape index (κ3) is 3.91. The monoisotopic (exact) mass is 222 g/mol. The number of halogens is 3. The molecule has 1 rings (SSSR count). The van der Waals surface area contributed by atoms with E-state index in [1.165, 1.54) is 11.3 Å². The van der Waals surface area contributed by atoms with Crippen LogP contribution in [0.3, 0.4) is 0 Å². The molecule has 14 heavy (non-hydrogen) atoms. The van der Waals surface area contributed by atoms with Crippen LogP contribution in [-0.4, -0.2) is 12.0 Å². The zero-order valence-electron chi connectivity index (χ0n) is 7.30. The van der Waals surface area contributed by atoms with Crippen LogP contribution in [-0.2, 0) is 0 Å². The number of Topliss-reactive ketones (excluding diaryl/α,β-unsaturated/α-hetero) is 1. The maximum atomic E-state index is 11.7. The van der Waals surface area contributed by atoms with Crippen molar-refractivity contribution in [3.8, 4) is 0 Å². The van der Waals surface area contributed by atoms with Crippen LogP contribution in [0.1, 0.15) is 29.6 Å². The van der Waals surface area contributed by atoms with E-state index in [1.54, 1.807) is 16.8 Å². The zero-order valence-corrected chi connectivity index (χ0v) is 8.12. The van der Waals surface area contributed by atoms with Crippen LogP contribution in [0.4, 0.5) is 13.2 Å². The van der Waals surface area contributed by atoms with E-state index in [-0.39, 0.29) is 18.6 Å². The molecule has 0 atom stereocenters. The van der Waals surface area contributed by atoms with Gasteiger partial charge in [-0.25, -0.2) is 0 Å². The summed E-state index contributed by atoms with van der Waals surface area (Å²) in [6, 6.07) is 1.63. The first-order valence-corrected chi connectivity index (χ1v) is 5.05. The quantitative estimate of drug-likeness (QED) is 0.710. The number of hydrogen-bond acceptors (Lipinski definition) is 2. The van der Waals surface area contributed by atoms with Crippen LogP contribution in [0.2, 0.25) is 0 Å². The molecule has 0 aromatic carbocycles. The highest BCUT2D eigenvalue weighted by Gasteiger charge is 2.26. The third-order valence-electron chi connectivity index (χ3n) is 1.71. The highest BCUT2D eigenvalue weighted by molar-refractivity contribution is 7.08. The Morgan fingerprint density at radius 2 is 2.14 bits per heavy atom. The molecule has 0 fully saturated rings. The van der Waals surface area contributed by atoms with Gasteiger partial charge in [0.05, 0.1) is 0 Å². The number of rotatable bonds is 4. The molecule has 0 aliphatic heterocycles. The lowest BCUT2D eigenvalue weighted by atomic mass is 10.1. The minimum absolute atomic E-state index is 0.0315. The minimum atomic E-state index is -4.16. The summed E-state index contributed by atoms with van der Waals surface area (Å²) in [6.45, 7) is 0. The first-order chi connectivity index (χ1) is 6.49. The van der Waals surface area contributed by atoms with Crippen LogP contribution < -0.4 is 0 Å². The third-order valence-corrected chi connectivity index (χ3v) is 2.39. The van der Waals surface area contributed by atoms with E-state index < -0.39 is 12.6 Å². The van der Waals surface area contributed by atoms with Crippen molar-refractivity contribution in [2.24, 2.45) is 0 Å². The lowest BCUT2D eigenvalue weighted by molar-refractivity contribution is -0.135. The highest BCUT2D eigenvalue weighted by atomic mass is 32.1. The van der Waals surface area contributed by atoms with Crippen LogP contribution in [0.25, 0.3) is 0 Å². The molecular weight excluding hydrogens is 213 g/mol. The Bertz CT molecular complexity index is 290. The van der Waals surface area contributed by atoms with E-state index in [9.17, 15) is 18.0 Å². The predicted octanol–water partition coefficient (Wildman–Crippen LogP) is 3.66. The van der Waals surface area contributed by atoms with E-state index >= 15 is 0 Å². The molecule has 0 unspecified atom stereocenters. The van der Waals surface area contributed by atoms with Crippen molar-refractivity contribution in [2.45, 2.75) is 25.4 Å². The van der Waals surface area contributed by atoms with Gasteiger partial charge in [0, 0.05) is 23.8 Å². The Labute approximate surface area is 83.6 Å². The summed E-state index contributed by atoms with van der Waals surface area (Å²) >= 11 is 1.36. The molecule has 0 aliphatic carbocycles. The molecule has 0 saturated carbocycles. The summed E-state index contributed by atoms with van der Waals surface area (Å²) in [7, 11) is 0. The van der Waals surface area contributed by atoms with Gasteiger partial charge >= 0.3 is 6.18 Å². The Morgan fingerprint density at radius 1 is 1.43 bits per heavy atom. The first kappa shape index (κ1) is 11.2. The van der Waals surface area contributed by atoms with Crippen LogP contribution in [0.15, 0.2) is 16.8 Å². The van der Waals surface area contributed by atoms with E-state index in [0.717, 1.165) is 0 Å². The molecule has 0 spiro atoms. The lowest BCUT2D eigenvalue weighted by Crippen LogP contribution is -2.08. The Hall–Kier alpha value is -0.840. The fourth-order valence-corrected chi connectivity index (χ4v) is 1.68. The van der Waals surface area contributed by atoms with E-state index in [1.807, 2.05) is 0 Å². The molecule has 5 heteroatoms. The highest BCUT2D eigenvalue weighted by Crippen LogP contribution is 2.23. The number of ketones is 1. The lowest BCUT2D eigenvalue weighted by Gasteiger charge is -2.04. The molecule has 1 aromatic heterocycles. The van der Waals surface area contributed by atoms with Gasteiger partial charge in [-0.3, -0.25) is 4.79 Å². The fraction of sp³-hybridized carbons (Fsp3) is 0.444. The molecule has 1 aromatic rings. The topological polar surface area (TPSA) is 17.1 Å². The maximum absolute atomic E-state index is 11.7. The minimum Gasteiger partial charge on any atom is -0.294 e. The van der Waals surface area contributed by atoms with Gasteiger partial charge in [0.25, 0.3) is 0 Å². The van der Waals surface area contributed by atoms with Gasteiger partial charge < -0.3 is 0 Å². The van der Waals surface area contributed by atoms with Crippen molar-refractivity contribution < 1.29 is 18.0 Å². The number of hydrogen-bond donors (Lipinski definition) is 0.